The van der Waals surface area contributed by atoms with Gasteiger partial charge in [-0.25, -0.2) is 8.42 Å². The van der Waals surface area contributed by atoms with Gasteiger partial charge in [0.1, 0.15) is 4.21 Å². The Balaban J connectivity index is 1.84. The van der Waals surface area contributed by atoms with Gasteiger partial charge in [0.05, 0.1) is 30.5 Å². The quantitative estimate of drug-likeness (QED) is 0.711. The smallest absolute Gasteiger partial charge is 0.275 e. The number of nitrogens with zero attached hydrogens (tertiary/aromatic N) is 1. The Kier molecular flexibility index (Phi) is 7.06. The molecule has 1 fully saturated rings. The van der Waals surface area contributed by atoms with E-state index in [1.807, 2.05) is 6.92 Å². The largest absolute Gasteiger partial charge is 0.349 e. The van der Waals surface area contributed by atoms with Gasteiger partial charge < -0.3 is 10.2 Å². The minimum absolute atomic E-state index is 0.0345. The molecule has 2 N–H and O–H groups in total. The predicted molar refractivity (Wildman–Crippen MR) is 96.2 cm³/mol. The van der Waals surface area contributed by atoms with Gasteiger partial charge in [-0.15, -0.1) is 11.3 Å². The predicted octanol–water partition coefficient (Wildman–Crippen LogP) is 0.596. The minimum Gasteiger partial charge on any atom is -0.349 e. The molecule has 6 nitrogen and oxygen atoms in total. The van der Waals surface area contributed by atoms with Crippen LogP contribution in [-0.2, 0) is 14.8 Å². The van der Waals surface area contributed by atoms with E-state index in [9.17, 15) is 13.2 Å². The third kappa shape index (κ3) is 5.16. The highest BCUT2D eigenvalue weighted by Gasteiger charge is 2.32. The molecule has 1 aromatic heterocycles. The maximum atomic E-state index is 12.5. The van der Waals surface area contributed by atoms with Crippen molar-refractivity contribution >= 4 is 38.9 Å². The fourth-order valence-corrected chi connectivity index (χ4v) is 5.92. The molecule has 2 rings (SSSR count). The molecular formula is C15H25ClN3O3S2+. The van der Waals surface area contributed by atoms with E-state index < -0.39 is 10.0 Å². The Morgan fingerprint density at radius 3 is 2.62 bits per heavy atom. The fraction of sp³-hybridized carbons (Fsp3) is 0.667. The summed E-state index contributed by atoms with van der Waals surface area (Å²) in [5.41, 5.74) is 0. The van der Waals surface area contributed by atoms with Crippen molar-refractivity contribution in [3.05, 3.63) is 16.5 Å². The summed E-state index contributed by atoms with van der Waals surface area (Å²) in [6.07, 6.45) is 2.01. The summed E-state index contributed by atoms with van der Waals surface area (Å²) in [6, 6.07) is 3.33. The van der Waals surface area contributed by atoms with Crippen LogP contribution in [0.5, 0.6) is 0 Å². The van der Waals surface area contributed by atoms with Gasteiger partial charge in [-0.05, 0) is 25.5 Å². The van der Waals surface area contributed by atoms with E-state index in [4.69, 9.17) is 11.6 Å². The second-order valence-electron chi connectivity index (χ2n) is 6.15. The van der Waals surface area contributed by atoms with Gasteiger partial charge in [0.2, 0.25) is 0 Å². The van der Waals surface area contributed by atoms with Crippen molar-refractivity contribution in [2.45, 2.75) is 36.9 Å². The molecule has 1 aromatic rings. The molecule has 1 aliphatic heterocycles. The average Bonchev–Trinajstić information content (AvgIpc) is 2.95. The zero-order valence-corrected chi connectivity index (χ0v) is 16.4. The number of quaternary nitrogens is 1. The minimum atomic E-state index is -3.47. The number of carbonyl (C=O) groups is 1. The monoisotopic (exact) mass is 394 g/mol. The van der Waals surface area contributed by atoms with Gasteiger partial charge in [0, 0.05) is 6.04 Å². The summed E-state index contributed by atoms with van der Waals surface area (Å²) in [5, 5.41) is 2.99. The van der Waals surface area contributed by atoms with E-state index in [1.165, 1.54) is 4.31 Å². The molecule has 0 aromatic carbocycles. The van der Waals surface area contributed by atoms with Crippen molar-refractivity contribution in [3.8, 4) is 0 Å². The van der Waals surface area contributed by atoms with Crippen molar-refractivity contribution in [2.75, 3.05) is 32.7 Å². The van der Waals surface area contributed by atoms with Crippen LogP contribution in [0, 0.1) is 0 Å². The molecule has 1 saturated heterocycles. The van der Waals surface area contributed by atoms with Crippen LogP contribution in [0.1, 0.15) is 26.7 Å². The summed E-state index contributed by atoms with van der Waals surface area (Å²) in [7, 11) is -3.47. The standard InChI is InChI=1S/C15H24ClN3O3S2/c1-3-4-12(2)17-14(20)11-18-7-9-19(10-8-18)24(21,22)15-6-5-13(16)23-15/h5-6,12H,3-4,7-11H2,1-2H3,(H,17,20)/p+1/t12-/m0/s1. The van der Waals surface area contributed by atoms with Gasteiger partial charge in [-0.2, -0.15) is 4.31 Å². The Morgan fingerprint density at radius 1 is 1.42 bits per heavy atom. The van der Waals surface area contributed by atoms with Crippen molar-refractivity contribution in [1.29, 1.82) is 0 Å². The molecule has 136 valence electrons. The highest BCUT2D eigenvalue weighted by Crippen LogP contribution is 2.27. The van der Waals surface area contributed by atoms with E-state index in [0.29, 0.717) is 37.1 Å². The fourth-order valence-electron chi connectivity index (χ4n) is 2.84. The summed E-state index contributed by atoms with van der Waals surface area (Å²) >= 11 is 6.91. The molecule has 1 atom stereocenters. The van der Waals surface area contributed by atoms with Crippen LogP contribution >= 0.6 is 22.9 Å². The van der Waals surface area contributed by atoms with Crippen LogP contribution in [0.3, 0.4) is 0 Å². The number of halogens is 1. The van der Waals surface area contributed by atoms with Crippen LogP contribution in [0.2, 0.25) is 4.34 Å². The van der Waals surface area contributed by atoms with Crippen molar-refractivity contribution < 1.29 is 18.1 Å². The Bertz CT molecular complexity index is 655. The summed E-state index contributed by atoms with van der Waals surface area (Å²) < 4.78 is 27.3. The molecule has 1 amide bonds. The zero-order valence-electron chi connectivity index (χ0n) is 14.0. The Labute approximate surface area is 152 Å². The number of thiophene rings is 1. The number of sulfonamides is 1. The maximum Gasteiger partial charge on any atom is 0.275 e. The van der Waals surface area contributed by atoms with Crippen LogP contribution in [0.15, 0.2) is 16.3 Å². The van der Waals surface area contributed by atoms with Gasteiger partial charge in [-0.3, -0.25) is 4.79 Å². The lowest BCUT2D eigenvalue weighted by molar-refractivity contribution is -0.895. The van der Waals surface area contributed by atoms with E-state index in [0.717, 1.165) is 29.1 Å². The van der Waals surface area contributed by atoms with E-state index in [1.54, 1.807) is 12.1 Å². The lowest BCUT2D eigenvalue weighted by atomic mass is 10.2. The van der Waals surface area contributed by atoms with Gasteiger partial charge in [0.25, 0.3) is 15.9 Å². The zero-order chi connectivity index (χ0) is 17.7. The molecule has 24 heavy (non-hydrogen) atoms. The second-order valence-corrected chi connectivity index (χ2v) is 10.0. The molecule has 0 radical (unpaired) electrons. The molecule has 0 saturated carbocycles. The molecule has 2 heterocycles. The lowest BCUT2D eigenvalue weighted by Gasteiger charge is -2.31. The Hall–Kier alpha value is -0.670. The average molecular weight is 395 g/mol. The van der Waals surface area contributed by atoms with Crippen LogP contribution in [-0.4, -0.2) is 57.4 Å². The first-order valence-corrected chi connectivity index (χ1v) is 10.8. The number of hydrogen-bond donors (Lipinski definition) is 2. The van der Waals surface area contributed by atoms with Crippen LogP contribution in [0.4, 0.5) is 0 Å². The molecule has 0 aliphatic carbocycles. The molecule has 0 bridgehead atoms. The number of nitrogens with one attached hydrogen (secondary N) is 2. The molecule has 0 spiro atoms. The first kappa shape index (κ1) is 19.7. The third-order valence-electron chi connectivity index (χ3n) is 4.11. The SMILES string of the molecule is CCC[C@H](C)NC(=O)C[NH+]1CCN(S(=O)(=O)c2ccc(Cl)s2)CC1. The van der Waals surface area contributed by atoms with Crippen molar-refractivity contribution in [2.24, 2.45) is 0 Å². The number of piperazine rings is 1. The lowest BCUT2D eigenvalue weighted by Crippen LogP contribution is -3.15. The van der Waals surface area contributed by atoms with Crippen LogP contribution in [0.25, 0.3) is 0 Å². The molecule has 9 heteroatoms. The highest BCUT2D eigenvalue weighted by molar-refractivity contribution is 7.91. The maximum absolute atomic E-state index is 12.5. The number of rotatable bonds is 7. The van der Waals surface area contributed by atoms with Gasteiger partial charge in [-0.1, -0.05) is 24.9 Å². The Morgan fingerprint density at radius 2 is 2.08 bits per heavy atom. The van der Waals surface area contributed by atoms with Crippen molar-refractivity contribution in [3.63, 3.8) is 0 Å². The summed E-state index contributed by atoms with van der Waals surface area (Å²) in [5.74, 6) is 0.0345. The second kappa shape index (κ2) is 8.62. The first-order valence-electron chi connectivity index (χ1n) is 8.21. The first-order chi connectivity index (χ1) is 11.3. The number of amides is 1. The molecule has 0 unspecified atom stereocenters. The topological polar surface area (TPSA) is 70.9 Å². The number of hydrogen-bond acceptors (Lipinski definition) is 4. The van der Waals surface area contributed by atoms with Gasteiger partial charge >= 0.3 is 0 Å². The summed E-state index contributed by atoms with van der Waals surface area (Å²) in [4.78, 5) is 13.1. The molecular weight excluding hydrogens is 370 g/mol. The van der Waals surface area contributed by atoms with Crippen molar-refractivity contribution in [1.82, 2.24) is 9.62 Å². The van der Waals surface area contributed by atoms with Gasteiger partial charge in [0.15, 0.2) is 6.54 Å². The third-order valence-corrected chi connectivity index (χ3v) is 7.71. The van der Waals surface area contributed by atoms with E-state index in [2.05, 4.69) is 12.2 Å². The highest BCUT2D eigenvalue weighted by atomic mass is 35.5. The number of carbonyl (C=O) groups excluding carboxylic acids is 1. The molecule has 1 aliphatic rings. The summed E-state index contributed by atoms with van der Waals surface area (Å²) in [6.45, 7) is 6.60. The van der Waals surface area contributed by atoms with E-state index >= 15 is 0 Å². The normalized spacial score (nSPS) is 18.5. The van der Waals surface area contributed by atoms with Crippen LogP contribution < -0.4 is 10.2 Å². The van der Waals surface area contributed by atoms with E-state index in [-0.39, 0.29) is 16.2 Å².